The molecule has 0 saturated heterocycles. The molecule has 0 aliphatic rings. The highest BCUT2D eigenvalue weighted by molar-refractivity contribution is 7.20. The zero-order valence-electron chi connectivity index (χ0n) is 24.2. The summed E-state index contributed by atoms with van der Waals surface area (Å²) in [6.07, 6.45) is -3.84. The van der Waals surface area contributed by atoms with Crippen LogP contribution in [0.1, 0.15) is 55.4 Å². The van der Waals surface area contributed by atoms with Gasteiger partial charge < -0.3 is 14.5 Å². The SMILES string of the molecule is CC.CC.CCOC(=O)c1sc2c(c1C)c(=O)n(CCOC)c(=O)n2Cc1ccc2[nH]ccc2c1.O=CC(F)(F)F. The molecule has 0 aliphatic carbocycles. The van der Waals surface area contributed by atoms with Crippen molar-refractivity contribution in [2.45, 2.75) is 60.8 Å². The Labute approximate surface area is 239 Å². The first-order valence-corrected chi connectivity index (χ1v) is 13.9. The minimum absolute atomic E-state index is 0.130. The highest BCUT2D eigenvalue weighted by Gasteiger charge is 2.25. The number of aromatic amines is 1. The second kappa shape index (κ2) is 16.5. The van der Waals surface area contributed by atoms with Crippen molar-refractivity contribution >= 4 is 44.7 Å². The highest BCUT2D eigenvalue weighted by Crippen LogP contribution is 2.29. The van der Waals surface area contributed by atoms with Crippen molar-refractivity contribution in [3.63, 3.8) is 0 Å². The fourth-order valence-corrected chi connectivity index (χ4v) is 4.87. The number of methoxy groups -OCH3 is 1. The van der Waals surface area contributed by atoms with Gasteiger partial charge >= 0.3 is 17.8 Å². The molecule has 4 aromatic rings. The molecular weight excluding hydrogens is 563 g/mol. The summed E-state index contributed by atoms with van der Waals surface area (Å²) in [4.78, 5) is 51.6. The zero-order valence-corrected chi connectivity index (χ0v) is 25.0. The number of aromatic nitrogens is 3. The summed E-state index contributed by atoms with van der Waals surface area (Å²) in [6, 6.07) is 7.86. The number of H-pyrrole nitrogens is 1. The van der Waals surface area contributed by atoms with Crippen LogP contribution in [0.25, 0.3) is 21.1 Å². The van der Waals surface area contributed by atoms with E-state index >= 15 is 0 Å². The van der Waals surface area contributed by atoms with Gasteiger partial charge in [0.2, 0.25) is 6.29 Å². The van der Waals surface area contributed by atoms with Gasteiger partial charge in [0.1, 0.15) is 9.71 Å². The van der Waals surface area contributed by atoms with Crippen molar-refractivity contribution in [2.75, 3.05) is 20.3 Å². The molecular formula is C28H36F3N3O6S. The molecule has 0 amide bonds. The maximum absolute atomic E-state index is 13.3. The lowest BCUT2D eigenvalue weighted by atomic mass is 10.1. The fourth-order valence-electron chi connectivity index (χ4n) is 3.69. The van der Waals surface area contributed by atoms with Crippen LogP contribution in [0.2, 0.25) is 0 Å². The van der Waals surface area contributed by atoms with Gasteiger partial charge in [-0.05, 0) is 48.6 Å². The van der Waals surface area contributed by atoms with Gasteiger partial charge in [0, 0.05) is 18.8 Å². The molecule has 1 N–H and O–H groups in total. The number of aryl methyl sites for hydroxylation is 1. The Morgan fingerprint density at radius 2 is 1.73 bits per heavy atom. The van der Waals surface area contributed by atoms with E-state index in [2.05, 4.69) is 4.98 Å². The van der Waals surface area contributed by atoms with Crippen LogP contribution < -0.4 is 11.2 Å². The normalized spacial score (nSPS) is 10.6. The van der Waals surface area contributed by atoms with Crippen LogP contribution in [-0.4, -0.2) is 52.9 Å². The maximum Gasteiger partial charge on any atom is 0.446 e. The third-order valence-electron chi connectivity index (χ3n) is 5.37. The number of rotatable bonds is 7. The Morgan fingerprint density at radius 3 is 2.29 bits per heavy atom. The molecule has 226 valence electrons. The lowest BCUT2D eigenvalue weighted by Gasteiger charge is -2.12. The Kier molecular flexibility index (Phi) is 14.2. The van der Waals surface area contributed by atoms with E-state index in [9.17, 15) is 27.6 Å². The molecule has 1 aromatic carbocycles. The van der Waals surface area contributed by atoms with Crippen molar-refractivity contribution < 1.29 is 32.2 Å². The first-order chi connectivity index (χ1) is 19.5. The Hall–Kier alpha value is -3.71. The second-order valence-corrected chi connectivity index (χ2v) is 8.83. The molecule has 0 fully saturated rings. The van der Waals surface area contributed by atoms with Crippen LogP contribution in [-0.2, 0) is 27.4 Å². The number of fused-ring (bicyclic) bond motifs is 2. The van der Waals surface area contributed by atoms with Crippen molar-refractivity contribution in [3.8, 4) is 0 Å². The van der Waals surface area contributed by atoms with E-state index in [0.29, 0.717) is 20.7 Å². The lowest BCUT2D eigenvalue weighted by molar-refractivity contribution is -0.156. The maximum atomic E-state index is 13.3. The van der Waals surface area contributed by atoms with Crippen LogP contribution in [0.15, 0.2) is 40.1 Å². The molecule has 41 heavy (non-hydrogen) atoms. The number of nitrogens with one attached hydrogen (secondary N) is 1. The molecule has 0 radical (unpaired) electrons. The number of nitrogens with zero attached hydrogens (tertiary/aromatic N) is 2. The molecule has 4 rings (SSSR count). The molecule has 3 heterocycles. The number of alkyl halides is 3. The molecule has 0 unspecified atom stereocenters. The first-order valence-electron chi connectivity index (χ1n) is 13.0. The number of carbonyl (C=O) groups is 2. The molecule has 13 heteroatoms. The smallest absolute Gasteiger partial charge is 0.446 e. The summed E-state index contributed by atoms with van der Waals surface area (Å²) in [5, 5.41) is 1.40. The van der Waals surface area contributed by atoms with E-state index in [4.69, 9.17) is 14.3 Å². The summed E-state index contributed by atoms with van der Waals surface area (Å²) in [5.74, 6) is -0.489. The van der Waals surface area contributed by atoms with Gasteiger partial charge in [0.25, 0.3) is 5.56 Å². The van der Waals surface area contributed by atoms with E-state index in [1.807, 2.05) is 58.2 Å². The van der Waals surface area contributed by atoms with E-state index in [-0.39, 0.29) is 26.3 Å². The van der Waals surface area contributed by atoms with Crippen LogP contribution in [0, 0.1) is 6.92 Å². The molecule has 0 aliphatic heterocycles. The van der Waals surface area contributed by atoms with Crippen LogP contribution in [0.4, 0.5) is 13.2 Å². The van der Waals surface area contributed by atoms with E-state index in [0.717, 1.165) is 27.8 Å². The Morgan fingerprint density at radius 1 is 1.10 bits per heavy atom. The average Bonchev–Trinajstić information content (AvgIpc) is 3.57. The number of halogens is 3. The van der Waals surface area contributed by atoms with E-state index in [1.165, 1.54) is 11.7 Å². The number of ether oxygens (including phenoxy) is 2. The largest absolute Gasteiger partial charge is 0.462 e. The van der Waals surface area contributed by atoms with Crippen molar-refractivity contribution in [2.24, 2.45) is 0 Å². The zero-order chi connectivity index (χ0) is 31.3. The molecule has 0 spiro atoms. The number of carbonyl (C=O) groups excluding carboxylic acids is 2. The number of thiophene rings is 1. The van der Waals surface area contributed by atoms with Gasteiger partial charge in [-0.2, -0.15) is 13.2 Å². The van der Waals surface area contributed by atoms with Gasteiger partial charge in [-0.25, -0.2) is 9.59 Å². The third-order valence-corrected chi connectivity index (χ3v) is 6.66. The predicted octanol–water partition coefficient (Wildman–Crippen LogP) is 5.69. The molecule has 0 bridgehead atoms. The molecule has 3 aromatic heterocycles. The number of hydrogen-bond donors (Lipinski definition) is 1. The number of benzene rings is 1. The van der Waals surface area contributed by atoms with E-state index in [1.54, 1.807) is 18.4 Å². The van der Waals surface area contributed by atoms with Gasteiger partial charge in [-0.15, -0.1) is 11.3 Å². The molecule has 0 saturated carbocycles. The van der Waals surface area contributed by atoms with Crippen LogP contribution in [0.5, 0.6) is 0 Å². The predicted molar refractivity (Wildman–Crippen MR) is 155 cm³/mol. The standard InChI is InChI=1S/C22H23N3O5S.C2HF3O.2C2H6/c1-4-30-21(27)18-13(2)17-19(26)24(9-10-29-3)22(28)25(20(17)31-18)12-14-5-6-16-15(11-14)7-8-23-16;3-2(4,5)1-6;2*1-2/h5-8,11,23H,4,9-10,12H2,1-3H3;1H;2*1-2H3. The number of esters is 1. The van der Waals surface area contributed by atoms with Crippen LogP contribution >= 0.6 is 11.3 Å². The monoisotopic (exact) mass is 599 g/mol. The Balaban J connectivity index is 0.000000737. The summed E-state index contributed by atoms with van der Waals surface area (Å²) >= 11 is 1.12. The second-order valence-electron chi connectivity index (χ2n) is 7.83. The van der Waals surface area contributed by atoms with Crippen molar-refractivity contribution in [1.29, 1.82) is 0 Å². The first kappa shape index (κ1) is 35.3. The van der Waals surface area contributed by atoms with Crippen molar-refractivity contribution in [1.82, 2.24) is 14.1 Å². The van der Waals surface area contributed by atoms with Gasteiger partial charge in [-0.1, -0.05) is 33.8 Å². The summed E-state index contributed by atoms with van der Waals surface area (Å²) < 4.78 is 44.2. The van der Waals surface area contributed by atoms with Gasteiger partial charge in [0.05, 0.1) is 31.7 Å². The fraction of sp³-hybridized carbons (Fsp3) is 0.429. The van der Waals surface area contributed by atoms with Gasteiger partial charge in [-0.3, -0.25) is 18.7 Å². The summed E-state index contributed by atoms with van der Waals surface area (Å²) in [5.41, 5.74) is 1.60. The average molecular weight is 600 g/mol. The minimum atomic E-state index is -4.64. The third kappa shape index (κ3) is 8.89. The van der Waals surface area contributed by atoms with Crippen molar-refractivity contribution in [3.05, 3.63) is 67.3 Å². The molecule has 0 atom stereocenters. The number of hydrogen-bond acceptors (Lipinski definition) is 7. The summed E-state index contributed by atoms with van der Waals surface area (Å²) in [7, 11) is 1.52. The summed E-state index contributed by atoms with van der Waals surface area (Å²) in [6.45, 7) is 12.3. The molecule has 9 nitrogen and oxygen atoms in total. The Bertz CT molecular complexity index is 1550. The minimum Gasteiger partial charge on any atom is -0.462 e. The van der Waals surface area contributed by atoms with Gasteiger partial charge in [0.15, 0.2) is 0 Å². The quantitative estimate of drug-likeness (QED) is 0.216. The number of aldehydes is 1. The van der Waals surface area contributed by atoms with Crippen LogP contribution in [0.3, 0.4) is 0 Å². The highest BCUT2D eigenvalue weighted by atomic mass is 32.1. The van der Waals surface area contributed by atoms with E-state index < -0.39 is 29.7 Å². The topological polar surface area (TPSA) is 112 Å². The lowest BCUT2D eigenvalue weighted by Crippen LogP contribution is -2.40.